The predicted molar refractivity (Wildman–Crippen MR) is 104 cm³/mol. The third-order valence-corrected chi connectivity index (χ3v) is 5.32. The number of halogens is 2. The number of oxazole rings is 1. The van der Waals surface area contributed by atoms with Gasteiger partial charge in [0.05, 0.1) is 11.9 Å². The Bertz CT molecular complexity index is 1300. The summed E-state index contributed by atoms with van der Waals surface area (Å²) in [6, 6.07) is 3.31. The summed E-state index contributed by atoms with van der Waals surface area (Å²) < 4.78 is 34.1. The van der Waals surface area contributed by atoms with Gasteiger partial charge in [-0.15, -0.1) is 11.3 Å². The molecule has 0 spiro atoms. The second-order valence-electron chi connectivity index (χ2n) is 6.23. The van der Waals surface area contributed by atoms with Crippen molar-refractivity contribution >= 4 is 22.2 Å². The van der Waals surface area contributed by atoms with E-state index in [1.54, 1.807) is 6.92 Å². The summed E-state index contributed by atoms with van der Waals surface area (Å²) in [7, 11) is 1.48. The van der Waals surface area contributed by atoms with Crippen LogP contribution >= 0.6 is 11.3 Å². The van der Waals surface area contributed by atoms with Crippen LogP contribution in [0.4, 0.5) is 8.78 Å². The Kier molecular flexibility index (Phi) is 4.71. The first-order valence-electron chi connectivity index (χ1n) is 8.51. The number of hydrogen-bond acceptors (Lipinski definition) is 6. The molecule has 1 amide bonds. The zero-order valence-corrected chi connectivity index (χ0v) is 16.1. The van der Waals surface area contributed by atoms with E-state index in [-0.39, 0.29) is 25.0 Å². The topological polar surface area (TPSA) is 89.5 Å². The van der Waals surface area contributed by atoms with E-state index < -0.39 is 23.1 Å². The zero-order chi connectivity index (χ0) is 20.7. The van der Waals surface area contributed by atoms with Gasteiger partial charge in [0, 0.05) is 31.4 Å². The molecule has 0 unspecified atom stereocenters. The molecule has 29 heavy (non-hydrogen) atoms. The number of fused-ring (bicyclic) bond motifs is 1. The summed E-state index contributed by atoms with van der Waals surface area (Å²) in [4.78, 5) is 34.2. The Morgan fingerprint density at radius 1 is 1.31 bits per heavy atom. The van der Waals surface area contributed by atoms with Crippen LogP contribution < -0.4 is 10.9 Å². The van der Waals surface area contributed by atoms with E-state index in [1.807, 2.05) is 0 Å². The normalized spacial score (nSPS) is 11.2. The molecule has 3 heterocycles. The van der Waals surface area contributed by atoms with Gasteiger partial charge in [0.15, 0.2) is 16.6 Å². The van der Waals surface area contributed by atoms with Crippen LogP contribution in [0.5, 0.6) is 0 Å². The van der Waals surface area contributed by atoms with Gasteiger partial charge in [-0.3, -0.25) is 9.59 Å². The highest BCUT2D eigenvalue weighted by Crippen LogP contribution is 2.27. The molecule has 0 saturated heterocycles. The highest BCUT2D eigenvalue weighted by Gasteiger charge is 2.20. The first kappa shape index (κ1) is 18.9. The standard InChI is InChI=1S/C19H14F2N4O3S.H2/c1-9-16(17(27)22-2)25-15(26)7-11(24-19(25)29-9)5-10-6-13(20)14(21)8-12(10)18-23-3-4-28-18;/h3-4,6-8H,5H2,1-2H3,(H,22,27);1H. The van der Waals surface area contributed by atoms with Gasteiger partial charge in [-0.25, -0.2) is 23.1 Å². The van der Waals surface area contributed by atoms with E-state index in [4.69, 9.17) is 4.42 Å². The quantitative estimate of drug-likeness (QED) is 0.550. The molecule has 1 N–H and O–H groups in total. The first-order chi connectivity index (χ1) is 13.9. The zero-order valence-electron chi connectivity index (χ0n) is 15.3. The van der Waals surface area contributed by atoms with Crippen LogP contribution in [0.15, 0.2) is 39.9 Å². The number of aromatic nitrogens is 3. The monoisotopic (exact) mass is 418 g/mol. The number of rotatable bonds is 4. The van der Waals surface area contributed by atoms with Crippen LogP contribution in [-0.2, 0) is 6.42 Å². The van der Waals surface area contributed by atoms with Crippen LogP contribution in [0.3, 0.4) is 0 Å². The fourth-order valence-corrected chi connectivity index (χ4v) is 4.07. The molecule has 0 bridgehead atoms. The second kappa shape index (κ2) is 7.21. The Morgan fingerprint density at radius 3 is 2.76 bits per heavy atom. The summed E-state index contributed by atoms with van der Waals surface area (Å²) in [6.07, 6.45) is 2.77. The minimum atomic E-state index is -1.03. The van der Waals surface area contributed by atoms with Crippen molar-refractivity contribution in [2.24, 2.45) is 0 Å². The van der Waals surface area contributed by atoms with Gasteiger partial charge in [0.25, 0.3) is 11.5 Å². The maximum absolute atomic E-state index is 13.9. The molecule has 0 fully saturated rings. The molecule has 4 rings (SSSR count). The molecule has 3 aromatic heterocycles. The average Bonchev–Trinajstić information content (AvgIpc) is 3.31. The van der Waals surface area contributed by atoms with E-state index in [0.29, 0.717) is 21.1 Å². The lowest BCUT2D eigenvalue weighted by atomic mass is 10.0. The second-order valence-corrected chi connectivity index (χ2v) is 7.41. The number of nitrogens with zero attached hydrogens (tertiary/aromatic N) is 3. The van der Waals surface area contributed by atoms with Crippen molar-refractivity contribution < 1.29 is 19.4 Å². The number of carbonyl (C=O) groups is 1. The molecule has 0 atom stereocenters. The lowest BCUT2D eigenvalue weighted by Crippen LogP contribution is -2.25. The van der Waals surface area contributed by atoms with Gasteiger partial charge >= 0.3 is 0 Å². The number of amides is 1. The van der Waals surface area contributed by atoms with Crippen molar-refractivity contribution in [2.45, 2.75) is 13.3 Å². The van der Waals surface area contributed by atoms with Crippen molar-refractivity contribution in [3.63, 3.8) is 0 Å². The minimum Gasteiger partial charge on any atom is -0.445 e. The van der Waals surface area contributed by atoms with Crippen molar-refractivity contribution in [2.75, 3.05) is 7.05 Å². The number of aryl methyl sites for hydroxylation is 1. The van der Waals surface area contributed by atoms with Crippen LogP contribution in [0.2, 0.25) is 0 Å². The van der Waals surface area contributed by atoms with Crippen molar-refractivity contribution in [1.82, 2.24) is 19.7 Å². The summed E-state index contributed by atoms with van der Waals surface area (Å²) in [5, 5.41) is 2.50. The SMILES string of the molecule is CNC(=O)c1c(C)sc2nc(Cc3cc(F)c(F)cc3-c3ncco3)cc(=O)n12.[HH]. The molecule has 10 heteroatoms. The smallest absolute Gasteiger partial charge is 0.269 e. The fraction of sp³-hybridized carbons (Fsp3) is 0.158. The molecule has 1 aromatic carbocycles. The summed E-state index contributed by atoms with van der Waals surface area (Å²) >= 11 is 1.19. The Balaban J connectivity index is 0.00000256. The number of benzene rings is 1. The van der Waals surface area contributed by atoms with E-state index in [0.717, 1.165) is 12.1 Å². The molecule has 4 aromatic rings. The van der Waals surface area contributed by atoms with Gasteiger partial charge < -0.3 is 9.73 Å². The average molecular weight is 418 g/mol. The highest BCUT2D eigenvalue weighted by atomic mass is 32.1. The van der Waals surface area contributed by atoms with E-state index >= 15 is 0 Å². The van der Waals surface area contributed by atoms with Gasteiger partial charge in [0.1, 0.15) is 12.0 Å². The third-order valence-electron chi connectivity index (χ3n) is 4.37. The number of carbonyl (C=O) groups excluding carboxylic acids is 1. The lowest BCUT2D eigenvalue weighted by Gasteiger charge is -2.08. The number of thiazole rings is 1. The Labute approximate surface area is 168 Å². The molecular weight excluding hydrogens is 402 g/mol. The molecule has 150 valence electrons. The first-order valence-corrected chi connectivity index (χ1v) is 9.32. The molecule has 0 aliphatic carbocycles. The van der Waals surface area contributed by atoms with E-state index in [9.17, 15) is 18.4 Å². The lowest BCUT2D eigenvalue weighted by molar-refractivity contribution is 0.0956. The van der Waals surface area contributed by atoms with Gasteiger partial charge in [0.2, 0.25) is 5.89 Å². The molecule has 0 saturated carbocycles. The molecular formula is C19H16F2N4O3S. The number of nitrogens with one attached hydrogen (secondary N) is 1. The van der Waals surface area contributed by atoms with Gasteiger partial charge in [-0.05, 0) is 24.6 Å². The Hall–Kier alpha value is -3.40. The van der Waals surface area contributed by atoms with Gasteiger partial charge in [-0.1, -0.05) is 0 Å². The molecule has 0 aliphatic rings. The largest absolute Gasteiger partial charge is 0.445 e. The number of hydrogen-bond donors (Lipinski definition) is 1. The van der Waals surface area contributed by atoms with Crippen molar-refractivity contribution in [3.8, 4) is 11.5 Å². The minimum absolute atomic E-state index is 0. The van der Waals surface area contributed by atoms with Crippen molar-refractivity contribution in [1.29, 1.82) is 0 Å². The van der Waals surface area contributed by atoms with Crippen LogP contribution in [0.25, 0.3) is 16.4 Å². The summed E-state index contributed by atoms with van der Waals surface area (Å²) in [5.74, 6) is -2.32. The third kappa shape index (κ3) is 3.31. The summed E-state index contributed by atoms with van der Waals surface area (Å²) in [5.41, 5.74) is 0.767. The van der Waals surface area contributed by atoms with Crippen LogP contribution in [0, 0.1) is 18.6 Å². The summed E-state index contributed by atoms with van der Waals surface area (Å²) in [6.45, 7) is 1.72. The molecule has 0 radical (unpaired) electrons. The molecule has 0 aliphatic heterocycles. The fourth-order valence-electron chi connectivity index (χ4n) is 3.08. The van der Waals surface area contributed by atoms with Gasteiger partial charge in [-0.2, -0.15) is 0 Å². The van der Waals surface area contributed by atoms with Crippen LogP contribution in [-0.4, -0.2) is 27.3 Å². The predicted octanol–water partition coefficient (Wildman–Crippen LogP) is 3.19. The van der Waals surface area contributed by atoms with E-state index in [1.165, 1.54) is 41.3 Å². The Morgan fingerprint density at radius 2 is 2.07 bits per heavy atom. The van der Waals surface area contributed by atoms with E-state index in [2.05, 4.69) is 15.3 Å². The maximum Gasteiger partial charge on any atom is 0.269 e. The highest BCUT2D eigenvalue weighted by molar-refractivity contribution is 7.17. The van der Waals surface area contributed by atoms with Crippen molar-refractivity contribution in [3.05, 3.63) is 74.5 Å². The maximum atomic E-state index is 13.9. The van der Waals surface area contributed by atoms with Crippen LogP contribution in [0.1, 0.15) is 28.0 Å². The molecule has 7 nitrogen and oxygen atoms in total.